The van der Waals surface area contributed by atoms with Gasteiger partial charge in [0.05, 0.1) is 23.8 Å². The van der Waals surface area contributed by atoms with Gasteiger partial charge in [0, 0.05) is 23.6 Å². The summed E-state index contributed by atoms with van der Waals surface area (Å²) in [7, 11) is 0. The maximum absolute atomic E-state index is 12.4. The van der Waals surface area contributed by atoms with Gasteiger partial charge >= 0.3 is 0 Å². The molecule has 2 aromatic carbocycles. The fourth-order valence-corrected chi connectivity index (χ4v) is 4.37. The molecule has 0 fully saturated rings. The number of carbonyl (C=O) groups excluding carboxylic acids is 1. The van der Waals surface area contributed by atoms with E-state index in [0.717, 1.165) is 33.9 Å². The van der Waals surface area contributed by atoms with Crippen LogP contribution in [0, 0.1) is 6.92 Å². The van der Waals surface area contributed by atoms with Gasteiger partial charge in [0.15, 0.2) is 5.16 Å². The number of hydrogen-bond donors (Lipinski definition) is 1. The van der Waals surface area contributed by atoms with E-state index in [0.29, 0.717) is 12.1 Å². The molecule has 1 amide bonds. The molecule has 4 aromatic rings. The first-order valence-corrected chi connectivity index (χ1v) is 11.9. The van der Waals surface area contributed by atoms with E-state index in [9.17, 15) is 4.79 Å². The van der Waals surface area contributed by atoms with Crippen LogP contribution in [-0.2, 0) is 12.3 Å². The Morgan fingerprint density at radius 2 is 1.78 bits per heavy atom. The number of fused-ring (bicyclic) bond motifs is 1. The van der Waals surface area contributed by atoms with E-state index in [-0.39, 0.29) is 11.9 Å². The van der Waals surface area contributed by atoms with Crippen molar-refractivity contribution in [2.24, 2.45) is 0 Å². The highest BCUT2D eigenvalue weighted by Crippen LogP contribution is 2.27. The zero-order valence-electron chi connectivity index (χ0n) is 18.7. The maximum Gasteiger partial charge on any atom is 0.251 e. The van der Waals surface area contributed by atoms with Crippen molar-refractivity contribution in [2.75, 3.05) is 0 Å². The van der Waals surface area contributed by atoms with Crippen LogP contribution in [-0.4, -0.2) is 26.5 Å². The number of aryl methyl sites for hydroxylation is 1. The van der Waals surface area contributed by atoms with Gasteiger partial charge in [0.2, 0.25) is 0 Å². The summed E-state index contributed by atoms with van der Waals surface area (Å²) in [5, 5.41) is 3.98. The third-order valence-electron chi connectivity index (χ3n) is 5.55. The Hall–Kier alpha value is -3.12. The van der Waals surface area contributed by atoms with Gasteiger partial charge in [-0.25, -0.2) is 4.98 Å². The Morgan fingerprint density at radius 1 is 1.06 bits per heavy atom. The summed E-state index contributed by atoms with van der Waals surface area (Å²) in [5.41, 5.74) is 6.28. The number of aromatic nitrogens is 3. The first-order chi connectivity index (χ1) is 15.5. The minimum absolute atomic E-state index is 0.0301. The highest BCUT2D eigenvalue weighted by Gasteiger charge is 2.13. The van der Waals surface area contributed by atoms with Crippen LogP contribution in [0.5, 0.6) is 0 Å². The van der Waals surface area contributed by atoms with Crippen LogP contribution >= 0.6 is 11.8 Å². The lowest BCUT2D eigenvalue weighted by molar-refractivity contribution is 0.0939. The molecular formula is C26H28N4OS. The molecule has 0 saturated carbocycles. The highest BCUT2D eigenvalue weighted by molar-refractivity contribution is 7.98. The molecule has 0 spiro atoms. The fraction of sp³-hybridized carbons (Fsp3) is 0.269. The molecule has 2 aromatic heterocycles. The summed E-state index contributed by atoms with van der Waals surface area (Å²) in [6.45, 7) is 6.85. The van der Waals surface area contributed by atoms with Crippen LogP contribution < -0.4 is 5.32 Å². The summed E-state index contributed by atoms with van der Waals surface area (Å²) in [4.78, 5) is 21.5. The number of amides is 1. The number of hydrogen-bond acceptors (Lipinski definition) is 4. The molecule has 0 aliphatic heterocycles. The Labute approximate surface area is 193 Å². The standard InChI is InChI=1S/C26H28N4OS/c1-4-19(3)28-25(31)22-11-9-20(10-12-22)16-30-24-15-27-14-13-23(24)29-26(30)32-17-21-7-5-18(2)6-8-21/h5-15,19H,4,16-17H2,1-3H3,(H,28,31)/t19-/m0/s1. The number of nitrogens with one attached hydrogen (secondary N) is 1. The number of imidazole rings is 1. The van der Waals surface area contributed by atoms with Crippen LogP contribution in [0.2, 0.25) is 0 Å². The van der Waals surface area contributed by atoms with Crippen LogP contribution in [0.25, 0.3) is 11.0 Å². The van der Waals surface area contributed by atoms with Crippen LogP contribution in [0.1, 0.15) is 47.3 Å². The molecule has 0 aliphatic carbocycles. The smallest absolute Gasteiger partial charge is 0.251 e. The van der Waals surface area contributed by atoms with Crippen molar-refractivity contribution < 1.29 is 4.79 Å². The third kappa shape index (κ3) is 5.19. The predicted molar refractivity (Wildman–Crippen MR) is 131 cm³/mol. The van der Waals surface area contributed by atoms with Crippen molar-refractivity contribution in [3.05, 3.63) is 89.2 Å². The van der Waals surface area contributed by atoms with Gasteiger partial charge in [-0.05, 0) is 49.6 Å². The summed E-state index contributed by atoms with van der Waals surface area (Å²) < 4.78 is 2.20. The largest absolute Gasteiger partial charge is 0.350 e. The summed E-state index contributed by atoms with van der Waals surface area (Å²) >= 11 is 1.73. The second kappa shape index (κ2) is 10.0. The van der Waals surface area contributed by atoms with Gasteiger partial charge in [-0.3, -0.25) is 9.78 Å². The molecule has 32 heavy (non-hydrogen) atoms. The summed E-state index contributed by atoms with van der Waals surface area (Å²) in [6, 6.07) is 18.5. The van der Waals surface area contributed by atoms with Crippen molar-refractivity contribution >= 4 is 28.7 Å². The van der Waals surface area contributed by atoms with E-state index >= 15 is 0 Å². The molecule has 164 valence electrons. The molecule has 0 unspecified atom stereocenters. The molecule has 0 saturated heterocycles. The fourth-order valence-electron chi connectivity index (χ4n) is 3.40. The minimum atomic E-state index is -0.0301. The Morgan fingerprint density at radius 3 is 2.50 bits per heavy atom. The maximum atomic E-state index is 12.4. The molecule has 0 radical (unpaired) electrons. The molecule has 2 heterocycles. The molecule has 4 rings (SSSR count). The molecule has 0 bridgehead atoms. The van der Waals surface area contributed by atoms with Crippen molar-refractivity contribution in [3.8, 4) is 0 Å². The van der Waals surface area contributed by atoms with E-state index in [1.807, 2.05) is 43.5 Å². The van der Waals surface area contributed by atoms with Gasteiger partial charge in [0.1, 0.15) is 0 Å². The quantitative estimate of drug-likeness (QED) is 0.359. The summed E-state index contributed by atoms with van der Waals surface area (Å²) in [5.74, 6) is 0.823. The molecule has 6 heteroatoms. The SMILES string of the molecule is CC[C@H](C)NC(=O)c1ccc(Cn2c(SCc3ccc(C)cc3)nc3ccncc32)cc1. The van der Waals surface area contributed by atoms with Crippen LogP contribution in [0.4, 0.5) is 0 Å². The number of nitrogens with zero attached hydrogens (tertiary/aromatic N) is 3. The Balaban J connectivity index is 1.54. The zero-order valence-corrected chi connectivity index (χ0v) is 19.5. The number of pyridine rings is 1. The van der Waals surface area contributed by atoms with Gasteiger partial charge < -0.3 is 9.88 Å². The van der Waals surface area contributed by atoms with Gasteiger partial charge in [-0.1, -0.05) is 60.6 Å². The van der Waals surface area contributed by atoms with Crippen LogP contribution in [0.15, 0.2) is 72.1 Å². The Bertz CT molecular complexity index is 1200. The number of benzene rings is 2. The minimum Gasteiger partial charge on any atom is -0.350 e. The second-order valence-corrected chi connectivity index (χ2v) is 9.04. The van der Waals surface area contributed by atoms with E-state index in [2.05, 4.69) is 53.0 Å². The lowest BCUT2D eigenvalue weighted by Crippen LogP contribution is -2.31. The van der Waals surface area contributed by atoms with E-state index in [4.69, 9.17) is 4.98 Å². The van der Waals surface area contributed by atoms with E-state index < -0.39 is 0 Å². The summed E-state index contributed by atoms with van der Waals surface area (Å²) in [6.07, 6.45) is 4.56. The number of thioether (sulfide) groups is 1. The third-order valence-corrected chi connectivity index (χ3v) is 6.60. The van der Waals surface area contributed by atoms with Crippen molar-refractivity contribution in [1.82, 2.24) is 19.9 Å². The monoisotopic (exact) mass is 444 g/mol. The number of rotatable bonds is 8. The Kier molecular flexibility index (Phi) is 6.90. The molecule has 5 nitrogen and oxygen atoms in total. The van der Waals surface area contributed by atoms with Crippen molar-refractivity contribution in [3.63, 3.8) is 0 Å². The topological polar surface area (TPSA) is 59.8 Å². The first-order valence-electron chi connectivity index (χ1n) is 10.9. The molecular weight excluding hydrogens is 416 g/mol. The second-order valence-electron chi connectivity index (χ2n) is 8.10. The van der Waals surface area contributed by atoms with Crippen molar-refractivity contribution in [2.45, 2.75) is 50.7 Å². The first kappa shape index (κ1) is 22.1. The average molecular weight is 445 g/mol. The highest BCUT2D eigenvalue weighted by atomic mass is 32.2. The van der Waals surface area contributed by atoms with Gasteiger partial charge in [-0.2, -0.15) is 0 Å². The van der Waals surface area contributed by atoms with Gasteiger partial charge in [-0.15, -0.1) is 0 Å². The van der Waals surface area contributed by atoms with Gasteiger partial charge in [0.25, 0.3) is 5.91 Å². The average Bonchev–Trinajstić information content (AvgIpc) is 3.16. The number of carbonyl (C=O) groups is 1. The van der Waals surface area contributed by atoms with Crippen LogP contribution in [0.3, 0.4) is 0 Å². The zero-order chi connectivity index (χ0) is 22.5. The normalized spacial score (nSPS) is 12.1. The lowest BCUT2D eigenvalue weighted by Gasteiger charge is -2.12. The van der Waals surface area contributed by atoms with E-state index in [1.54, 1.807) is 18.0 Å². The molecule has 1 atom stereocenters. The lowest BCUT2D eigenvalue weighted by atomic mass is 10.1. The molecule has 1 N–H and O–H groups in total. The van der Waals surface area contributed by atoms with Crippen molar-refractivity contribution in [1.29, 1.82) is 0 Å². The predicted octanol–water partition coefficient (Wildman–Crippen LogP) is 5.61. The molecule has 0 aliphatic rings. The van der Waals surface area contributed by atoms with E-state index in [1.165, 1.54) is 11.1 Å².